The van der Waals surface area contributed by atoms with Crippen molar-refractivity contribution in [2.45, 2.75) is 65.1 Å². The molecule has 7 N–H and O–H groups in total. The van der Waals surface area contributed by atoms with Crippen molar-refractivity contribution in [3.63, 3.8) is 0 Å². The Morgan fingerprint density at radius 3 is 1.91 bits per heavy atom. The zero-order chi connectivity index (χ0) is 26.1. The number of hydrogen-bond donors (Lipinski definition) is 5. The van der Waals surface area contributed by atoms with Crippen LogP contribution in [0.4, 0.5) is 0 Å². The summed E-state index contributed by atoms with van der Waals surface area (Å²) < 4.78 is 0. The number of primary amides is 1. The summed E-state index contributed by atoms with van der Waals surface area (Å²) in [4.78, 5) is 37.5. The summed E-state index contributed by atoms with van der Waals surface area (Å²) in [6.07, 6.45) is 1.09. The molecule has 0 unspecified atom stereocenters. The first kappa shape index (κ1) is 27.9. The van der Waals surface area contributed by atoms with Gasteiger partial charge in [-0.2, -0.15) is 0 Å². The molecule has 2 rings (SSSR count). The molecule has 0 aliphatic rings. The second-order valence-electron chi connectivity index (χ2n) is 9.81. The number of rotatable bonds is 12. The van der Waals surface area contributed by atoms with Gasteiger partial charge in [-0.15, -0.1) is 0 Å². The maximum atomic E-state index is 12.9. The number of nitrogens with one attached hydrogen (secondary N) is 2. The van der Waals surface area contributed by atoms with E-state index in [2.05, 4.69) is 10.6 Å². The van der Waals surface area contributed by atoms with Crippen LogP contribution in [-0.2, 0) is 20.8 Å². The largest absolute Gasteiger partial charge is 0.507 e. The molecule has 0 bridgehead atoms. The third-order valence-electron chi connectivity index (χ3n) is 5.67. The predicted octanol–water partition coefficient (Wildman–Crippen LogP) is 2.48. The SMILES string of the molecule is CC(C)C[C@H](NC(=O)[C@H](CC(C)C)NC(=O)[C@@H](N)Cc1ccc(-c2ccccc2O)cc1)C(N)=O. The van der Waals surface area contributed by atoms with Crippen LogP contribution in [0.1, 0.15) is 46.1 Å². The molecule has 2 aromatic carbocycles. The molecule has 3 atom stereocenters. The van der Waals surface area contributed by atoms with Gasteiger partial charge in [0.1, 0.15) is 17.8 Å². The van der Waals surface area contributed by atoms with Crippen LogP contribution in [0.3, 0.4) is 0 Å². The van der Waals surface area contributed by atoms with Crippen molar-refractivity contribution < 1.29 is 19.5 Å². The molecule has 0 heterocycles. The fourth-order valence-electron chi connectivity index (χ4n) is 3.86. The number of phenols is 1. The molecule has 8 heteroatoms. The van der Waals surface area contributed by atoms with E-state index in [0.29, 0.717) is 12.8 Å². The van der Waals surface area contributed by atoms with Gasteiger partial charge in [-0.05, 0) is 48.3 Å². The minimum atomic E-state index is -0.865. The summed E-state index contributed by atoms with van der Waals surface area (Å²) >= 11 is 0. The zero-order valence-electron chi connectivity index (χ0n) is 21.0. The van der Waals surface area contributed by atoms with Crippen molar-refractivity contribution in [1.29, 1.82) is 0 Å². The predicted molar refractivity (Wildman–Crippen MR) is 137 cm³/mol. The van der Waals surface area contributed by atoms with Crippen LogP contribution in [-0.4, -0.2) is 41.0 Å². The highest BCUT2D eigenvalue weighted by Crippen LogP contribution is 2.28. The van der Waals surface area contributed by atoms with E-state index >= 15 is 0 Å². The van der Waals surface area contributed by atoms with Gasteiger partial charge in [0.05, 0.1) is 6.04 Å². The van der Waals surface area contributed by atoms with E-state index in [-0.39, 0.29) is 24.0 Å². The molecule has 0 aliphatic heterocycles. The maximum Gasteiger partial charge on any atom is 0.243 e. The van der Waals surface area contributed by atoms with Gasteiger partial charge < -0.3 is 27.2 Å². The number of para-hydroxylation sites is 1. The molecule has 0 radical (unpaired) electrons. The first-order chi connectivity index (χ1) is 16.5. The second-order valence-corrected chi connectivity index (χ2v) is 9.81. The number of amides is 3. The maximum absolute atomic E-state index is 12.9. The Kier molecular flexibility index (Phi) is 10.3. The average Bonchev–Trinajstić information content (AvgIpc) is 2.78. The number of carbonyl (C=O) groups is 3. The van der Waals surface area contributed by atoms with Crippen molar-refractivity contribution in [1.82, 2.24) is 10.6 Å². The van der Waals surface area contributed by atoms with Crippen LogP contribution >= 0.6 is 0 Å². The summed E-state index contributed by atoms with van der Waals surface area (Å²) in [6, 6.07) is 12.0. The smallest absolute Gasteiger partial charge is 0.243 e. The van der Waals surface area contributed by atoms with E-state index < -0.39 is 35.8 Å². The number of phenolic OH excluding ortho intramolecular Hbond substituents is 1. The van der Waals surface area contributed by atoms with E-state index in [1.807, 2.05) is 64.1 Å². The van der Waals surface area contributed by atoms with Crippen molar-refractivity contribution >= 4 is 17.7 Å². The quantitative estimate of drug-likeness (QED) is 0.315. The molecule has 0 spiro atoms. The highest BCUT2D eigenvalue weighted by atomic mass is 16.3. The van der Waals surface area contributed by atoms with E-state index in [0.717, 1.165) is 16.7 Å². The van der Waals surface area contributed by atoms with Gasteiger partial charge in [0.25, 0.3) is 0 Å². The Hall–Kier alpha value is -3.39. The molecule has 35 heavy (non-hydrogen) atoms. The first-order valence-electron chi connectivity index (χ1n) is 12.0. The highest BCUT2D eigenvalue weighted by molar-refractivity contribution is 5.92. The van der Waals surface area contributed by atoms with Crippen LogP contribution in [0.5, 0.6) is 5.75 Å². The molecule has 3 amide bonds. The van der Waals surface area contributed by atoms with E-state index in [1.165, 1.54) is 0 Å². The van der Waals surface area contributed by atoms with Crippen molar-refractivity contribution in [2.24, 2.45) is 23.3 Å². The molecule has 2 aromatic rings. The Morgan fingerprint density at radius 1 is 0.829 bits per heavy atom. The zero-order valence-corrected chi connectivity index (χ0v) is 21.0. The minimum absolute atomic E-state index is 0.126. The Balaban J connectivity index is 2.04. The van der Waals surface area contributed by atoms with Crippen LogP contribution in [0.2, 0.25) is 0 Å². The van der Waals surface area contributed by atoms with Crippen LogP contribution in [0, 0.1) is 11.8 Å². The van der Waals surface area contributed by atoms with Gasteiger partial charge in [-0.3, -0.25) is 14.4 Å². The van der Waals surface area contributed by atoms with Gasteiger partial charge >= 0.3 is 0 Å². The average molecular weight is 483 g/mol. The molecule has 0 saturated heterocycles. The lowest BCUT2D eigenvalue weighted by Crippen LogP contribution is -2.56. The van der Waals surface area contributed by atoms with Crippen LogP contribution in [0.25, 0.3) is 11.1 Å². The Bertz CT molecular complexity index is 1000. The minimum Gasteiger partial charge on any atom is -0.507 e. The van der Waals surface area contributed by atoms with Gasteiger partial charge in [0.2, 0.25) is 17.7 Å². The lowest BCUT2D eigenvalue weighted by Gasteiger charge is -2.25. The van der Waals surface area contributed by atoms with Gasteiger partial charge in [0, 0.05) is 5.56 Å². The molecule has 8 nitrogen and oxygen atoms in total. The number of benzene rings is 2. The topological polar surface area (TPSA) is 148 Å². The third kappa shape index (κ3) is 8.72. The molecule has 0 aliphatic carbocycles. The lowest BCUT2D eigenvalue weighted by molar-refractivity contribution is -0.132. The Morgan fingerprint density at radius 2 is 1.37 bits per heavy atom. The fourth-order valence-corrected chi connectivity index (χ4v) is 3.86. The summed E-state index contributed by atoms with van der Waals surface area (Å²) in [5.41, 5.74) is 14.0. The molecular formula is C27H38N4O4. The van der Waals surface area contributed by atoms with Gasteiger partial charge in [-0.25, -0.2) is 0 Å². The van der Waals surface area contributed by atoms with Crippen LogP contribution in [0.15, 0.2) is 48.5 Å². The molecule has 190 valence electrons. The summed E-state index contributed by atoms with van der Waals surface area (Å²) in [5.74, 6) is -1.02. The van der Waals surface area contributed by atoms with E-state index in [9.17, 15) is 19.5 Å². The third-order valence-corrected chi connectivity index (χ3v) is 5.67. The molecule has 0 saturated carbocycles. The summed E-state index contributed by atoms with van der Waals surface area (Å²) in [5, 5.41) is 15.5. The number of hydrogen-bond acceptors (Lipinski definition) is 5. The van der Waals surface area contributed by atoms with Crippen molar-refractivity contribution in [3.05, 3.63) is 54.1 Å². The lowest BCUT2D eigenvalue weighted by atomic mass is 9.98. The fraction of sp³-hybridized carbons (Fsp3) is 0.444. The van der Waals surface area contributed by atoms with Crippen molar-refractivity contribution in [3.8, 4) is 16.9 Å². The number of nitrogens with two attached hydrogens (primary N) is 2. The summed E-state index contributed by atoms with van der Waals surface area (Å²) in [6.45, 7) is 7.75. The molecular weight excluding hydrogens is 444 g/mol. The monoisotopic (exact) mass is 482 g/mol. The van der Waals surface area contributed by atoms with E-state index in [4.69, 9.17) is 11.5 Å². The normalized spacial score (nSPS) is 13.8. The standard InChI is InChI=1S/C27H38N4O4/c1-16(2)13-22(25(29)33)30-27(35)23(14-17(3)4)31-26(34)21(28)15-18-9-11-19(12-10-18)20-7-5-6-8-24(20)32/h5-12,16-17,21-23,32H,13-15,28H2,1-4H3,(H2,29,33)(H,30,35)(H,31,34)/t21-,22-,23-/m0/s1. The van der Waals surface area contributed by atoms with E-state index in [1.54, 1.807) is 12.1 Å². The first-order valence-corrected chi connectivity index (χ1v) is 12.0. The Labute approximate surface area is 207 Å². The highest BCUT2D eigenvalue weighted by Gasteiger charge is 2.28. The van der Waals surface area contributed by atoms with Crippen LogP contribution < -0.4 is 22.1 Å². The van der Waals surface area contributed by atoms with Gasteiger partial charge in [0.15, 0.2) is 0 Å². The second kappa shape index (κ2) is 12.9. The van der Waals surface area contributed by atoms with Crippen molar-refractivity contribution in [2.75, 3.05) is 0 Å². The molecule has 0 aromatic heterocycles. The summed E-state index contributed by atoms with van der Waals surface area (Å²) in [7, 11) is 0. The molecule has 0 fully saturated rings. The number of aromatic hydroxyl groups is 1. The van der Waals surface area contributed by atoms with Gasteiger partial charge in [-0.1, -0.05) is 70.2 Å². The number of carbonyl (C=O) groups excluding carboxylic acids is 3.